The molecule has 0 spiro atoms. The summed E-state index contributed by atoms with van der Waals surface area (Å²) in [5.41, 5.74) is 2.13. The third kappa shape index (κ3) is 6.08. The fraction of sp³-hybridized carbons (Fsp3) is 0.478. The fourth-order valence-electron chi connectivity index (χ4n) is 3.83. The highest BCUT2D eigenvalue weighted by molar-refractivity contribution is 5.52. The maximum atomic E-state index is 11.0. The van der Waals surface area contributed by atoms with E-state index in [-0.39, 0.29) is 10.6 Å². The highest BCUT2D eigenvalue weighted by Crippen LogP contribution is 2.29. The Morgan fingerprint density at radius 2 is 1.77 bits per heavy atom. The standard InChI is InChI=1S/C23H31N3O5/c1-18(24-12-14-31-15-13-24)10-11-25(20-5-7-21(8-6-20)26(27)28)17-19-4-9-22(29-2)23(16-19)30-3/h4-9,16,18H,10-15,17H2,1-3H3. The third-order valence-corrected chi connectivity index (χ3v) is 5.73. The van der Waals surface area contributed by atoms with E-state index in [1.807, 2.05) is 30.3 Å². The molecule has 1 saturated heterocycles. The Labute approximate surface area is 183 Å². The van der Waals surface area contributed by atoms with E-state index in [1.54, 1.807) is 26.4 Å². The maximum absolute atomic E-state index is 11.0. The van der Waals surface area contributed by atoms with Crippen molar-refractivity contribution in [1.82, 2.24) is 4.90 Å². The first kappa shape index (κ1) is 22.8. The van der Waals surface area contributed by atoms with Crippen LogP contribution >= 0.6 is 0 Å². The average molecular weight is 430 g/mol. The topological polar surface area (TPSA) is 77.3 Å². The summed E-state index contributed by atoms with van der Waals surface area (Å²) < 4.78 is 16.3. The van der Waals surface area contributed by atoms with Crippen LogP contribution in [0.25, 0.3) is 0 Å². The number of anilines is 1. The normalized spacial score (nSPS) is 15.3. The van der Waals surface area contributed by atoms with Crippen LogP contribution in [0.15, 0.2) is 42.5 Å². The van der Waals surface area contributed by atoms with E-state index in [9.17, 15) is 10.1 Å². The van der Waals surface area contributed by atoms with Gasteiger partial charge in [0.15, 0.2) is 11.5 Å². The van der Waals surface area contributed by atoms with Gasteiger partial charge in [-0.15, -0.1) is 0 Å². The zero-order chi connectivity index (χ0) is 22.2. The summed E-state index contributed by atoms with van der Waals surface area (Å²) in [4.78, 5) is 15.4. The summed E-state index contributed by atoms with van der Waals surface area (Å²) in [5.74, 6) is 1.37. The molecule has 0 N–H and O–H groups in total. The van der Waals surface area contributed by atoms with Crippen LogP contribution in [-0.2, 0) is 11.3 Å². The molecule has 2 aromatic carbocycles. The van der Waals surface area contributed by atoms with Crippen molar-refractivity contribution in [3.63, 3.8) is 0 Å². The molecule has 1 unspecified atom stereocenters. The lowest BCUT2D eigenvalue weighted by Gasteiger charge is -2.34. The van der Waals surface area contributed by atoms with Gasteiger partial charge in [-0.1, -0.05) is 6.07 Å². The molecule has 8 heteroatoms. The molecular weight excluding hydrogens is 398 g/mol. The Morgan fingerprint density at radius 3 is 2.39 bits per heavy atom. The smallest absolute Gasteiger partial charge is 0.269 e. The molecule has 0 amide bonds. The molecule has 31 heavy (non-hydrogen) atoms. The van der Waals surface area contributed by atoms with Crippen LogP contribution in [0.1, 0.15) is 18.9 Å². The predicted octanol–water partition coefficient (Wildman–Crippen LogP) is 3.73. The highest BCUT2D eigenvalue weighted by Gasteiger charge is 2.19. The van der Waals surface area contributed by atoms with Gasteiger partial charge in [0.05, 0.1) is 32.4 Å². The predicted molar refractivity (Wildman–Crippen MR) is 120 cm³/mol. The second kappa shape index (κ2) is 11.0. The first-order valence-corrected chi connectivity index (χ1v) is 10.5. The monoisotopic (exact) mass is 429 g/mol. The number of nitro benzene ring substituents is 1. The number of methoxy groups -OCH3 is 2. The molecule has 8 nitrogen and oxygen atoms in total. The van der Waals surface area contributed by atoms with E-state index in [0.717, 1.165) is 50.5 Å². The number of hydrogen-bond donors (Lipinski definition) is 0. The number of ether oxygens (including phenoxy) is 3. The quantitative estimate of drug-likeness (QED) is 0.421. The van der Waals surface area contributed by atoms with E-state index in [0.29, 0.717) is 24.1 Å². The van der Waals surface area contributed by atoms with Gasteiger partial charge >= 0.3 is 0 Å². The van der Waals surface area contributed by atoms with Gasteiger partial charge in [-0.25, -0.2) is 0 Å². The maximum Gasteiger partial charge on any atom is 0.269 e. The van der Waals surface area contributed by atoms with Crippen molar-refractivity contribution in [3.05, 3.63) is 58.1 Å². The summed E-state index contributed by atoms with van der Waals surface area (Å²) in [6.45, 7) is 7.20. The summed E-state index contributed by atoms with van der Waals surface area (Å²) in [6.07, 6.45) is 0.976. The lowest BCUT2D eigenvalue weighted by molar-refractivity contribution is -0.384. The number of rotatable bonds is 10. The zero-order valence-electron chi connectivity index (χ0n) is 18.5. The second-order valence-electron chi connectivity index (χ2n) is 7.67. The molecule has 1 fully saturated rings. The molecule has 0 aliphatic carbocycles. The van der Waals surface area contributed by atoms with Crippen LogP contribution in [0.3, 0.4) is 0 Å². The molecule has 0 bridgehead atoms. The van der Waals surface area contributed by atoms with Crippen molar-refractivity contribution < 1.29 is 19.1 Å². The van der Waals surface area contributed by atoms with Crippen LogP contribution in [-0.4, -0.2) is 62.9 Å². The van der Waals surface area contributed by atoms with Gasteiger partial charge in [-0.2, -0.15) is 0 Å². The molecule has 2 aromatic rings. The first-order chi connectivity index (χ1) is 15.0. The summed E-state index contributed by atoms with van der Waals surface area (Å²) in [7, 11) is 3.24. The van der Waals surface area contributed by atoms with Gasteiger partial charge in [-0.3, -0.25) is 15.0 Å². The Balaban J connectivity index is 1.77. The van der Waals surface area contributed by atoms with Gasteiger partial charge in [0.2, 0.25) is 0 Å². The van der Waals surface area contributed by atoms with Crippen molar-refractivity contribution in [2.75, 3.05) is 52.0 Å². The fourth-order valence-corrected chi connectivity index (χ4v) is 3.83. The van der Waals surface area contributed by atoms with Gasteiger partial charge in [0, 0.05) is 50.0 Å². The van der Waals surface area contributed by atoms with Crippen LogP contribution in [0.4, 0.5) is 11.4 Å². The lowest BCUT2D eigenvalue weighted by atomic mass is 10.1. The van der Waals surface area contributed by atoms with Gasteiger partial charge in [-0.05, 0) is 43.2 Å². The Morgan fingerprint density at radius 1 is 1.10 bits per heavy atom. The average Bonchev–Trinajstić information content (AvgIpc) is 2.82. The number of hydrogen-bond acceptors (Lipinski definition) is 7. The molecule has 1 heterocycles. The number of nitro groups is 1. The van der Waals surface area contributed by atoms with E-state index >= 15 is 0 Å². The van der Waals surface area contributed by atoms with Crippen LogP contribution in [0.2, 0.25) is 0 Å². The van der Waals surface area contributed by atoms with Crippen LogP contribution < -0.4 is 14.4 Å². The molecule has 0 radical (unpaired) electrons. The Hall–Kier alpha value is -2.84. The van der Waals surface area contributed by atoms with Crippen LogP contribution in [0.5, 0.6) is 11.5 Å². The lowest BCUT2D eigenvalue weighted by Crippen LogP contribution is -2.43. The summed E-state index contributed by atoms with van der Waals surface area (Å²) in [5, 5.41) is 11.0. The molecule has 0 saturated carbocycles. The van der Waals surface area contributed by atoms with Crippen molar-refractivity contribution in [2.45, 2.75) is 25.9 Å². The second-order valence-corrected chi connectivity index (χ2v) is 7.67. The molecule has 1 aliphatic rings. The molecule has 168 valence electrons. The van der Waals surface area contributed by atoms with Gasteiger partial charge in [0.1, 0.15) is 0 Å². The summed E-state index contributed by atoms with van der Waals surface area (Å²) in [6, 6.07) is 13.1. The van der Waals surface area contributed by atoms with Crippen molar-refractivity contribution in [2.24, 2.45) is 0 Å². The van der Waals surface area contributed by atoms with Gasteiger partial charge in [0.25, 0.3) is 5.69 Å². The number of benzene rings is 2. The van der Waals surface area contributed by atoms with E-state index in [1.165, 1.54) is 0 Å². The Bertz CT molecular complexity index is 853. The van der Waals surface area contributed by atoms with E-state index < -0.39 is 0 Å². The minimum Gasteiger partial charge on any atom is -0.493 e. The third-order valence-electron chi connectivity index (χ3n) is 5.73. The molecule has 1 atom stereocenters. The number of non-ortho nitro benzene ring substituents is 1. The van der Waals surface area contributed by atoms with Crippen molar-refractivity contribution in [3.8, 4) is 11.5 Å². The molecule has 1 aliphatic heterocycles. The number of nitrogens with zero attached hydrogens (tertiary/aromatic N) is 3. The van der Waals surface area contributed by atoms with Crippen LogP contribution in [0, 0.1) is 10.1 Å². The first-order valence-electron chi connectivity index (χ1n) is 10.5. The minimum absolute atomic E-state index is 0.0940. The van der Waals surface area contributed by atoms with Crippen molar-refractivity contribution in [1.29, 1.82) is 0 Å². The van der Waals surface area contributed by atoms with E-state index in [2.05, 4.69) is 16.7 Å². The SMILES string of the molecule is COc1ccc(CN(CCC(C)N2CCOCC2)c2ccc([N+](=O)[O-])cc2)cc1OC. The minimum atomic E-state index is -0.372. The van der Waals surface area contributed by atoms with E-state index in [4.69, 9.17) is 14.2 Å². The summed E-state index contributed by atoms with van der Waals surface area (Å²) >= 11 is 0. The number of morpholine rings is 1. The molecule has 3 rings (SSSR count). The largest absolute Gasteiger partial charge is 0.493 e. The zero-order valence-corrected chi connectivity index (χ0v) is 18.5. The highest BCUT2D eigenvalue weighted by atomic mass is 16.6. The molecular formula is C23H31N3O5. The van der Waals surface area contributed by atoms with Crippen molar-refractivity contribution >= 4 is 11.4 Å². The Kier molecular flexibility index (Phi) is 8.08. The molecule has 0 aromatic heterocycles. The van der Waals surface area contributed by atoms with Gasteiger partial charge < -0.3 is 19.1 Å².